The number of benzene rings is 2. The summed E-state index contributed by atoms with van der Waals surface area (Å²) in [5.74, 6) is 0.183. The van der Waals surface area contributed by atoms with Crippen molar-refractivity contribution in [3.05, 3.63) is 77.0 Å². The summed E-state index contributed by atoms with van der Waals surface area (Å²) in [4.78, 5) is 4.96. The number of pyridine rings is 1. The number of hydrogen-bond donors (Lipinski definition) is 1. The van der Waals surface area contributed by atoms with Crippen LogP contribution in [0.1, 0.15) is 89.2 Å². The first kappa shape index (κ1) is 21.5. The van der Waals surface area contributed by atoms with Crippen LogP contribution in [0.25, 0.3) is 10.9 Å². The molecule has 154 valence electrons. The molecule has 0 aliphatic heterocycles. The van der Waals surface area contributed by atoms with Crippen molar-refractivity contribution in [3.8, 4) is 0 Å². The molecule has 0 aliphatic rings. The Bertz CT molecular complexity index is 957. The maximum atomic E-state index is 6.91. The minimum Gasteiger partial charge on any atom is -0.323 e. The Hall–Kier alpha value is -2.19. The van der Waals surface area contributed by atoms with Gasteiger partial charge in [-0.25, -0.2) is 0 Å². The average molecular weight is 389 g/mol. The van der Waals surface area contributed by atoms with Crippen molar-refractivity contribution >= 4 is 10.9 Å². The number of rotatable bonds is 4. The molecule has 1 heterocycles. The summed E-state index contributed by atoms with van der Waals surface area (Å²) in [7, 11) is 0. The molecule has 2 nitrogen and oxygen atoms in total. The molecule has 0 amide bonds. The van der Waals surface area contributed by atoms with Crippen molar-refractivity contribution in [2.75, 3.05) is 0 Å². The summed E-state index contributed by atoms with van der Waals surface area (Å²) in [5.41, 5.74) is 13.1. The highest BCUT2D eigenvalue weighted by molar-refractivity contribution is 5.78. The van der Waals surface area contributed by atoms with Gasteiger partial charge in [0.05, 0.1) is 5.52 Å². The molecule has 0 radical (unpaired) electrons. The highest BCUT2D eigenvalue weighted by Gasteiger charge is 2.26. The van der Waals surface area contributed by atoms with E-state index in [4.69, 9.17) is 10.7 Å². The zero-order valence-electron chi connectivity index (χ0n) is 19.1. The minimum absolute atomic E-state index is 0.0820. The van der Waals surface area contributed by atoms with Crippen molar-refractivity contribution < 1.29 is 0 Å². The molecule has 0 fully saturated rings. The van der Waals surface area contributed by atoms with Crippen LogP contribution in [-0.2, 0) is 10.8 Å². The van der Waals surface area contributed by atoms with Crippen LogP contribution in [-0.4, -0.2) is 4.98 Å². The van der Waals surface area contributed by atoms with Gasteiger partial charge in [0.25, 0.3) is 0 Å². The summed E-state index contributed by atoms with van der Waals surface area (Å²) >= 11 is 0. The van der Waals surface area contributed by atoms with Crippen molar-refractivity contribution in [1.82, 2.24) is 4.98 Å². The topological polar surface area (TPSA) is 38.9 Å². The Balaban J connectivity index is 2.07. The molecule has 0 spiro atoms. The molecular formula is C27H36N2. The zero-order chi connectivity index (χ0) is 21.4. The first-order valence-electron chi connectivity index (χ1n) is 10.8. The lowest BCUT2D eigenvalue weighted by Crippen LogP contribution is -2.23. The first-order valence-corrected chi connectivity index (χ1v) is 10.8. The molecule has 3 aromatic rings. The number of fused-ring (bicyclic) bond motifs is 1. The highest BCUT2D eigenvalue weighted by Crippen LogP contribution is 2.36. The maximum Gasteiger partial charge on any atom is 0.0705 e. The van der Waals surface area contributed by atoms with Crippen LogP contribution in [0, 0.1) is 0 Å². The molecule has 29 heavy (non-hydrogen) atoms. The van der Waals surface area contributed by atoms with E-state index in [-0.39, 0.29) is 22.8 Å². The zero-order valence-corrected chi connectivity index (χ0v) is 19.1. The Morgan fingerprint density at radius 3 is 1.97 bits per heavy atom. The average Bonchev–Trinajstić information content (AvgIpc) is 2.66. The molecule has 0 unspecified atom stereocenters. The molecule has 2 N–H and O–H groups in total. The SMILES string of the molecule is CC[C@H](c1ccc2ccccc2n1)[C@@H](N)c1cc(C(C)(C)C)cc(C(C)(C)C)c1. The molecule has 0 bridgehead atoms. The van der Waals surface area contributed by atoms with Crippen LogP contribution < -0.4 is 5.73 Å². The molecule has 2 heteroatoms. The van der Waals surface area contributed by atoms with Gasteiger partial charge in [-0.3, -0.25) is 4.98 Å². The fraction of sp³-hybridized carbons (Fsp3) is 0.444. The van der Waals surface area contributed by atoms with Crippen LogP contribution in [0.3, 0.4) is 0 Å². The number of hydrogen-bond acceptors (Lipinski definition) is 2. The molecule has 0 saturated heterocycles. The van der Waals surface area contributed by atoms with Crippen molar-refractivity contribution in [2.45, 2.75) is 77.7 Å². The van der Waals surface area contributed by atoms with Gasteiger partial charge in [0.1, 0.15) is 0 Å². The van der Waals surface area contributed by atoms with E-state index in [0.717, 1.165) is 17.6 Å². The molecule has 0 saturated carbocycles. The van der Waals surface area contributed by atoms with E-state index in [0.29, 0.717) is 0 Å². The molecular weight excluding hydrogens is 352 g/mol. The highest BCUT2D eigenvalue weighted by atomic mass is 14.7. The maximum absolute atomic E-state index is 6.91. The van der Waals surface area contributed by atoms with E-state index in [1.807, 2.05) is 6.07 Å². The van der Waals surface area contributed by atoms with Crippen LogP contribution in [0.5, 0.6) is 0 Å². The molecule has 2 atom stereocenters. The number of aromatic nitrogens is 1. The smallest absolute Gasteiger partial charge is 0.0705 e. The summed E-state index contributed by atoms with van der Waals surface area (Å²) in [6, 6.07) is 19.5. The van der Waals surface area contributed by atoms with Gasteiger partial charge in [0, 0.05) is 23.0 Å². The van der Waals surface area contributed by atoms with E-state index < -0.39 is 0 Å². The molecule has 2 aromatic carbocycles. The first-order chi connectivity index (χ1) is 13.5. The Morgan fingerprint density at radius 2 is 1.41 bits per heavy atom. The Labute approximate surface area is 176 Å². The van der Waals surface area contributed by atoms with Crippen molar-refractivity contribution in [1.29, 1.82) is 0 Å². The van der Waals surface area contributed by atoms with E-state index in [9.17, 15) is 0 Å². The third kappa shape index (κ3) is 4.70. The van der Waals surface area contributed by atoms with Gasteiger partial charge in [0.15, 0.2) is 0 Å². The molecule has 3 rings (SSSR count). The molecule has 1 aromatic heterocycles. The lowest BCUT2D eigenvalue weighted by Gasteiger charge is -2.29. The van der Waals surface area contributed by atoms with E-state index in [1.165, 1.54) is 22.1 Å². The predicted octanol–water partition coefficient (Wildman–Crippen LogP) is 7.02. The van der Waals surface area contributed by atoms with Crippen LogP contribution in [0.2, 0.25) is 0 Å². The number of nitrogens with two attached hydrogens (primary N) is 1. The predicted molar refractivity (Wildman–Crippen MR) is 126 cm³/mol. The lowest BCUT2D eigenvalue weighted by atomic mass is 9.77. The van der Waals surface area contributed by atoms with E-state index in [1.54, 1.807) is 0 Å². The van der Waals surface area contributed by atoms with Gasteiger partial charge >= 0.3 is 0 Å². The number of para-hydroxylation sites is 1. The van der Waals surface area contributed by atoms with Gasteiger partial charge in [-0.05, 0) is 46.1 Å². The quantitative estimate of drug-likeness (QED) is 0.521. The fourth-order valence-corrected chi connectivity index (χ4v) is 3.88. The second-order valence-corrected chi connectivity index (χ2v) is 10.3. The summed E-state index contributed by atoms with van der Waals surface area (Å²) in [6.07, 6.45) is 0.955. The molecule has 0 aliphatic carbocycles. The fourth-order valence-electron chi connectivity index (χ4n) is 3.88. The van der Waals surface area contributed by atoms with Crippen molar-refractivity contribution in [3.63, 3.8) is 0 Å². The van der Waals surface area contributed by atoms with Gasteiger partial charge in [-0.15, -0.1) is 0 Å². The van der Waals surface area contributed by atoms with Gasteiger partial charge in [-0.1, -0.05) is 90.9 Å². The monoisotopic (exact) mass is 388 g/mol. The van der Waals surface area contributed by atoms with Crippen LogP contribution >= 0.6 is 0 Å². The summed E-state index contributed by atoms with van der Waals surface area (Å²) in [6.45, 7) is 15.8. The third-order valence-electron chi connectivity index (χ3n) is 5.95. The Kier molecular flexibility index (Phi) is 5.87. The normalized spacial score (nSPS) is 14.8. The second kappa shape index (κ2) is 7.91. The van der Waals surface area contributed by atoms with Crippen LogP contribution in [0.4, 0.5) is 0 Å². The van der Waals surface area contributed by atoms with Gasteiger partial charge in [-0.2, -0.15) is 0 Å². The summed E-state index contributed by atoms with van der Waals surface area (Å²) < 4.78 is 0. The Morgan fingerprint density at radius 1 is 0.828 bits per heavy atom. The van der Waals surface area contributed by atoms with E-state index >= 15 is 0 Å². The van der Waals surface area contributed by atoms with Crippen molar-refractivity contribution in [2.24, 2.45) is 5.73 Å². The third-order valence-corrected chi connectivity index (χ3v) is 5.95. The standard InChI is InChI=1S/C27H36N2/c1-8-22(24-14-13-18-11-9-10-12-23(18)29-24)25(28)19-15-20(26(2,3)4)17-21(16-19)27(5,6)7/h9-17,22,25H,8,28H2,1-7H3/t22-,25+/m1/s1. The van der Waals surface area contributed by atoms with Crippen LogP contribution in [0.15, 0.2) is 54.6 Å². The second-order valence-electron chi connectivity index (χ2n) is 10.3. The minimum atomic E-state index is -0.0861. The largest absolute Gasteiger partial charge is 0.323 e. The lowest BCUT2D eigenvalue weighted by molar-refractivity contribution is 0.519. The number of nitrogens with zero attached hydrogens (tertiary/aromatic N) is 1. The van der Waals surface area contributed by atoms with Gasteiger partial charge in [0.2, 0.25) is 0 Å². The van der Waals surface area contributed by atoms with Gasteiger partial charge < -0.3 is 5.73 Å². The van der Waals surface area contributed by atoms with E-state index in [2.05, 4.69) is 97.0 Å². The summed E-state index contributed by atoms with van der Waals surface area (Å²) in [5, 5.41) is 1.17.